The van der Waals surface area contributed by atoms with Crippen LogP contribution in [0.25, 0.3) is 10.9 Å². The summed E-state index contributed by atoms with van der Waals surface area (Å²) in [6.45, 7) is 0.746. The number of fused-ring (bicyclic) bond motifs is 1. The number of carbonyl (C=O) groups excluding carboxylic acids is 1. The van der Waals surface area contributed by atoms with E-state index in [0.717, 1.165) is 5.39 Å². The summed E-state index contributed by atoms with van der Waals surface area (Å²) >= 11 is 0. The predicted octanol–water partition coefficient (Wildman–Crippen LogP) is 0.887. The molecule has 0 spiro atoms. The molecule has 0 aliphatic carbocycles. The van der Waals surface area contributed by atoms with Crippen LogP contribution in [0.2, 0.25) is 0 Å². The largest absolute Gasteiger partial charge is 0.366 e. The number of nitrogens with zero attached hydrogens (tertiary/aromatic N) is 3. The number of amides is 1. The van der Waals surface area contributed by atoms with Crippen molar-refractivity contribution in [1.29, 1.82) is 0 Å². The number of halogens is 1. The summed E-state index contributed by atoms with van der Waals surface area (Å²) < 4.78 is 12.8. The summed E-state index contributed by atoms with van der Waals surface area (Å²) in [5.41, 5.74) is 6.25. The van der Waals surface area contributed by atoms with Crippen molar-refractivity contribution in [1.82, 2.24) is 9.97 Å². The van der Waals surface area contributed by atoms with E-state index in [1.165, 1.54) is 6.20 Å². The summed E-state index contributed by atoms with van der Waals surface area (Å²) in [5, 5.41) is 0.743. The van der Waals surface area contributed by atoms with Crippen LogP contribution in [0.3, 0.4) is 0 Å². The van der Waals surface area contributed by atoms with E-state index in [0.29, 0.717) is 30.0 Å². The first kappa shape index (κ1) is 10.9. The maximum Gasteiger partial charge on any atom is 0.250 e. The molecule has 1 amide bonds. The minimum atomic E-state index is -0.771. The van der Waals surface area contributed by atoms with E-state index >= 15 is 0 Å². The maximum absolute atomic E-state index is 12.8. The normalized spacial score (nSPS) is 15.7. The Labute approximate surface area is 102 Å². The van der Waals surface area contributed by atoms with Gasteiger partial charge in [-0.05, 0) is 6.07 Å². The standard InChI is InChI=1S/C12H11FN4O/c13-9-5-17(6-9)11-2-10-7(3-16-11)1-8(4-15-10)12(14)18/h1-4,9H,5-6H2,(H2,14,18). The first-order chi connectivity index (χ1) is 8.63. The summed E-state index contributed by atoms with van der Waals surface area (Å²) in [5.74, 6) is 0.187. The fourth-order valence-corrected chi connectivity index (χ4v) is 1.93. The van der Waals surface area contributed by atoms with E-state index in [1.807, 2.05) is 4.90 Å². The van der Waals surface area contributed by atoms with Crippen molar-refractivity contribution in [3.63, 3.8) is 0 Å². The molecule has 0 radical (unpaired) electrons. The third-order valence-electron chi connectivity index (χ3n) is 3.00. The Kier molecular flexibility index (Phi) is 2.36. The van der Waals surface area contributed by atoms with Crippen LogP contribution in [0.4, 0.5) is 10.2 Å². The SMILES string of the molecule is NC(=O)c1cnc2cc(N3CC(F)C3)ncc2c1. The Morgan fingerprint density at radius 3 is 2.78 bits per heavy atom. The number of hydrogen-bond donors (Lipinski definition) is 1. The fourth-order valence-electron chi connectivity index (χ4n) is 1.93. The summed E-state index contributed by atoms with van der Waals surface area (Å²) in [6.07, 6.45) is 2.28. The molecule has 2 aromatic heterocycles. The Bertz CT molecular complexity index is 625. The van der Waals surface area contributed by atoms with Crippen LogP contribution >= 0.6 is 0 Å². The number of hydrogen-bond acceptors (Lipinski definition) is 4. The molecule has 0 saturated carbocycles. The number of carbonyl (C=O) groups is 1. The predicted molar refractivity (Wildman–Crippen MR) is 65.2 cm³/mol. The van der Waals surface area contributed by atoms with Crippen molar-refractivity contribution in [3.05, 3.63) is 30.1 Å². The number of aromatic nitrogens is 2. The van der Waals surface area contributed by atoms with Gasteiger partial charge in [0.2, 0.25) is 5.91 Å². The van der Waals surface area contributed by atoms with Gasteiger partial charge in [-0.3, -0.25) is 9.78 Å². The minimum absolute atomic E-state index is 0.352. The van der Waals surface area contributed by atoms with Gasteiger partial charge in [0.25, 0.3) is 0 Å². The van der Waals surface area contributed by atoms with Crippen LogP contribution in [-0.2, 0) is 0 Å². The molecule has 0 atom stereocenters. The zero-order valence-corrected chi connectivity index (χ0v) is 9.51. The van der Waals surface area contributed by atoms with Crippen LogP contribution < -0.4 is 10.6 Å². The van der Waals surface area contributed by atoms with Crippen LogP contribution in [0.15, 0.2) is 24.5 Å². The lowest BCUT2D eigenvalue weighted by Gasteiger charge is -2.35. The van der Waals surface area contributed by atoms with Gasteiger partial charge in [-0.25, -0.2) is 9.37 Å². The molecule has 3 heterocycles. The molecule has 1 aliphatic heterocycles. The molecular formula is C12H11FN4O. The maximum atomic E-state index is 12.8. The second-order valence-electron chi connectivity index (χ2n) is 4.33. The third kappa shape index (κ3) is 1.75. The van der Waals surface area contributed by atoms with E-state index in [9.17, 15) is 9.18 Å². The van der Waals surface area contributed by atoms with Crippen molar-refractivity contribution in [2.24, 2.45) is 5.73 Å². The fraction of sp³-hybridized carbons (Fsp3) is 0.250. The highest BCUT2D eigenvalue weighted by atomic mass is 19.1. The van der Waals surface area contributed by atoms with Crippen molar-refractivity contribution in [2.75, 3.05) is 18.0 Å². The number of rotatable bonds is 2. The van der Waals surface area contributed by atoms with Crippen LogP contribution in [-0.4, -0.2) is 35.1 Å². The van der Waals surface area contributed by atoms with Crippen LogP contribution in [0.5, 0.6) is 0 Å². The molecule has 1 saturated heterocycles. The molecule has 1 aliphatic rings. The monoisotopic (exact) mass is 246 g/mol. The zero-order chi connectivity index (χ0) is 12.7. The molecule has 6 heteroatoms. The van der Waals surface area contributed by atoms with E-state index in [1.54, 1.807) is 18.3 Å². The second kappa shape index (κ2) is 3.90. The van der Waals surface area contributed by atoms with Gasteiger partial charge in [0.15, 0.2) is 0 Å². The highest BCUT2D eigenvalue weighted by Gasteiger charge is 2.27. The van der Waals surface area contributed by atoms with Gasteiger partial charge in [-0.15, -0.1) is 0 Å². The number of pyridine rings is 2. The number of primary amides is 1. The molecule has 1 fully saturated rings. The van der Waals surface area contributed by atoms with Crippen molar-refractivity contribution in [3.8, 4) is 0 Å². The lowest BCUT2D eigenvalue weighted by atomic mass is 10.1. The van der Waals surface area contributed by atoms with Gasteiger partial charge in [-0.2, -0.15) is 0 Å². The summed E-state index contributed by atoms with van der Waals surface area (Å²) in [4.78, 5) is 21.3. The zero-order valence-electron chi connectivity index (χ0n) is 9.51. The number of nitrogens with two attached hydrogens (primary N) is 1. The van der Waals surface area contributed by atoms with Crippen molar-refractivity contribution >= 4 is 22.6 Å². The van der Waals surface area contributed by atoms with E-state index in [2.05, 4.69) is 9.97 Å². The van der Waals surface area contributed by atoms with E-state index in [-0.39, 0.29) is 0 Å². The minimum Gasteiger partial charge on any atom is -0.366 e. The van der Waals surface area contributed by atoms with Gasteiger partial charge in [0.1, 0.15) is 12.0 Å². The second-order valence-corrected chi connectivity index (χ2v) is 4.33. The Hall–Kier alpha value is -2.24. The number of anilines is 1. The van der Waals surface area contributed by atoms with Gasteiger partial charge >= 0.3 is 0 Å². The molecule has 3 rings (SSSR count). The molecule has 92 valence electrons. The molecule has 18 heavy (non-hydrogen) atoms. The van der Waals surface area contributed by atoms with Crippen LogP contribution in [0.1, 0.15) is 10.4 Å². The summed E-state index contributed by atoms with van der Waals surface area (Å²) in [7, 11) is 0. The first-order valence-electron chi connectivity index (χ1n) is 5.58. The first-order valence-corrected chi connectivity index (χ1v) is 5.58. The molecule has 2 aromatic rings. The Balaban J connectivity index is 1.98. The van der Waals surface area contributed by atoms with Crippen LogP contribution in [0, 0.1) is 0 Å². The molecule has 2 N–H and O–H groups in total. The van der Waals surface area contributed by atoms with E-state index in [4.69, 9.17) is 5.73 Å². The lowest BCUT2D eigenvalue weighted by molar-refractivity contribution is 0.1000. The molecule has 5 nitrogen and oxygen atoms in total. The third-order valence-corrected chi connectivity index (χ3v) is 3.00. The van der Waals surface area contributed by atoms with Gasteiger partial charge in [0, 0.05) is 23.8 Å². The molecular weight excluding hydrogens is 235 g/mol. The van der Waals surface area contributed by atoms with Gasteiger partial charge in [-0.1, -0.05) is 0 Å². The summed E-state index contributed by atoms with van der Waals surface area (Å²) in [6, 6.07) is 3.43. The molecule has 0 aromatic carbocycles. The quantitative estimate of drug-likeness (QED) is 0.854. The average molecular weight is 246 g/mol. The Morgan fingerprint density at radius 1 is 1.33 bits per heavy atom. The highest BCUT2D eigenvalue weighted by molar-refractivity contribution is 5.96. The highest BCUT2D eigenvalue weighted by Crippen LogP contribution is 2.23. The number of alkyl halides is 1. The average Bonchev–Trinajstić information content (AvgIpc) is 2.33. The Morgan fingerprint density at radius 2 is 2.11 bits per heavy atom. The van der Waals surface area contributed by atoms with Crippen molar-refractivity contribution in [2.45, 2.75) is 6.17 Å². The smallest absolute Gasteiger partial charge is 0.250 e. The topological polar surface area (TPSA) is 72.1 Å². The lowest BCUT2D eigenvalue weighted by Crippen LogP contribution is -2.48. The molecule has 0 unspecified atom stereocenters. The molecule has 0 bridgehead atoms. The van der Waals surface area contributed by atoms with Crippen molar-refractivity contribution < 1.29 is 9.18 Å². The van der Waals surface area contributed by atoms with E-state index < -0.39 is 12.1 Å². The van der Waals surface area contributed by atoms with Gasteiger partial charge < -0.3 is 10.6 Å². The van der Waals surface area contributed by atoms with Gasteiger partial charge in [0.05, 0.1) is 24.2 Å².